The topological polar surface area (TPSA) is 107 Å². The molecule has 130 valence electrons. The molecule has 2 aromatic carbocycles. The second kappa shape index (κ2) is 7.31. The monoisotopic (exact) mass is 341 g/mol. The SMILES string of the molecule is NC(=O)c1ccc(NC(c2ccccc2)C2CCCO2)c([N+](=O)[O-])c1. The fourth-order valence-corrected chi connectivity index (χ4v) is 3.04. The van der Waals surface area contributed by atoms with E-state index in [4.69, 9.17) is 10.5 Å². The van der Waals surface area contributed by atoms with Crippen molar-refractivity contribution < 1.29 is 14.5 Å². The van der Waals surface area contributed by atoms with Crippen LogP contribution in [0.1, 0.15) is 34.8 Å². The van der Waals surface area contributed by atoms with Gasteiger partial charge in [-0.05, 0) is 30.5 Å². The lowest BCUT2D eigenvalue weighted by atomic mass is 9.98. The average molecular weight is 341 g/mol. The molecule has 1 saturated heterocycles. The maximum Gasteiger partial charge on any atom is 0.293 e. The van der Waals surface area contributed by atoms with Gasteiger partial charge in [0.2, 0.25) is 5.91 Å². The van der Waals surface area contributed by atoms with E-state index in [2.05, 4.69) is 5.32 Å². The number of nitrogens with zero attached hydrogens (tertiary/aromatic N) is 1. The molecule has 0 aliphatic carbocycles. The van der Waals surface area contributed by atoms with Gasteiger partial charge in [-0.2, -0.15) is 0 Å². The van der Waals surface area contributed by atoms with Crippen LogP contribution in [-0.4, -0.2) is 23.5 Å². The minimum absolute atomic E-state index is 0.0715. The lowest BCUT2D eigenvalue weighted by molar-refractivity contribution is -0.384. The van der Waals surface area contributed by atoms with Crippen molar-refractivity contribution in [3.05, 3.63) is 69.8 Å². The van der Waals surface area contributed by atoms with Crippen LogP contribution in [0.4, 0.5) is 11.4 Å². The Labute approximate surface area is 144 Å². The Morgan fingerprint density at radius 3 is 2.64 bits per heavy atom. The minimum Gasteiger partial charge on any atom is -0.376 e. The van der Waals surface area contributed by atoms with Crippen LogP contribution in [-0.2, 0) is 4.74 Å². The molecule has 1 amide bonds. The number of nitro benzene ring substituents is 1. The second-order valence-corrected chi connectivity index (χ2v) is 5.94. The normalized spacial score (nSPS) is 17.8. The van der Waals surface area contributed by atoms with E-state index in [1.54, 1.807) is 0 Å². The summed E-state index contributed by atoms with van der Waals surface area (Å²) in [5.74, 6) is -0.701. The number of hydrogen-bond acceptors (Lipinski definition) is 5. The van der Waals surface area contributed by atoms with Crippen LogP contribution in [0.15, 0.2) is 48.5 Å². The number of anilines is 1. The van der Waals surface area contributed by atoms with Crippen molar-refractivity contribution in [2.75, 3.05) is 11.9 Å². The number of nitrogens with one attached hydrogen (secondary N) is 1. The van der Waals surface area contributed by atoms with Gasteiger partial charge in [-0.3, -0.25) is 14.9 Å². The minimum atomic E-state index is -0.701. The van der Waals surface area contributed by atoms with Crippen LogP contribution >= 0.6 is 0 Å². The molecule has 0 spiro atoms. The van der Waals surface area contributed by atoms with Crippen molar-refractivity contribution in [2.45, 2.75) is 25.0 Å². The summed E-state index contributed by atoms with van der Waals surface area (Å²) in [5.41, 5.74) is 6.46. The van der Waals surface area contributed by atoms with Crippen LogP contribution in [0.25, 0.3) is 0 Å². The largest absolute Gasteiger partial charge is 0.376 e. The molecule has 7 heteroatoms. The summed E-state index contributed by atoms with van der Waals surface area (Å²) in [5, 5.41) is 14.7. The first kappa shape index (κ1) is 16.9. The third-order valence-electron chi connectivity index (χ3n) is 4.29. The van der Waals surface area contributed by atoms with E-state index in [9.17, 15) is 14.9 Å². The van der Waals surface area contributed by atoms with Crippen molar-refractivity contribution in [1.29, 1.82) is 0 Å². The van der Waals surface area contributed by atoms with Gasteiger partial charge in [-0.1, -0.05) is 30.3 Å². The third-order valence-corrected chi connectivity index (χ3v) is 4.29. The van der Waals surface area contributed by atoms with Crippen molar-refractivity contribution in [2.24, 2.45) is 5.73 Å². The zero-order chi connectivity index (χ0) is 17.8. The van der Waals surface area contributed by atoms with E-state index in [1.165, 1.54) is 18.2 Å². The highest BCUT2D eigenvalue weighted by atomic mass is 16.6. The predicted octanol–water partition coefficient (Wildman–Crippen LogP) is 3.03. The molecule has 3 rings (SSSR count). The first-order valence-electron chi connectivity index (χ1n) is 8.07. The first-order valence-corrected chi connectivity index (χ1v) is 8.07. The zero-order valence-electron chi connectivity index (χ0n) is 13.6. The molecule has 2 unspecified atom stereocenters. The van der Waals surface area contributed by atoms with Gasteiger partial charge < -0.3 is 15.8 Å². The van der Waals surface area contributed by atoms with E-state index in [0.29, 0.717) is 12.3 Å². The molecule has 1 aliphatic heterocycles. The highest BCUT2D eigenvalue weighted by Crippen LogP contribution is 2.34. The summed E-state index contributed by atoms with van der Waals surface area (Å²) < 4.78 is 5.80. The summed E-state index contributed by atoms with van der Waals surface area (Å²) >= 11 is 0. The Balaban J connectivity index is 1.96. The summed E-state index contributed by atoms with van der Waals surface area (Å²) in [6.07, 6.45) is 1.76. The van der Waals surface area contributed by atoms with E-state index < -0.39 is 10.8 Å². The van der Waals surface area contributed by atoms with Gasteiger partial charge in [0.1, 0.15) is 5.69 Å². The van der Waals surface area contributed by atoms with Gasteiger partial charge in [0.15, 0.2) is 0 Å². The van der Waals surface area contributed by atoms with Crippen molar-refractivity contribution in [1.82, 2.24) is 0 Å². The molecular formula is C18H19N3O4. The molecule has 7 nitrogen and oxygen atoms in total. The van der Waals surface area contributed by atoms with Crippen LogP contribution in [0.2, 0.25) is 0 Å². The summed E-state index contributed by atoms with van der Waals surface area (Å²) in [6, 6.07) is 13.7. The van der Waals surface area contributed by atoms with E-state index in [0.717, 1.165) is 18.4 Å². The smallest absolute Gasteiger partial charge is 0.293 e. The van der Waals surface area contributed by atoms with Gasteiger partial charge in [0.05, 0.1) is 17.1 Å². The van der Waals surface area contributed by atoms with E-state index in [-0.39, 0.29) is 23.4 Å². The number of primary amides is 1. The van der Waals surface area contributed by atoms with Gasteiger partial charge >= 0.3 is 0 Å². The zero-order valence-corrected chi connectivity index (χ0v) is 13.6. The Bertz CT molecular complexity index is 773. The fourth-order valence-electron chi connectivity index (χ4n) is 3.04. The second-order valence-electron chi connectivity index (χ2n) is 5.94. The Hall–Kier alpha value is -2.93. The van der Waals surface area contributed by atoms with Crippen molar-refractivity contribution in [3.8, 4) is 0 Å². The third kappa shape index (κ3) is 3.77. The van der Waals surface area contributed by atoms with Crippen molar-refractivity contribution in [3.63, 3.8) is 0 Å². The Kier molecular flexibility index (Phi) is 4.95. The molecule has 0 saturated carbocycles. The summed E-state index contributed by atoms with van der Waals surface area (Å²) in [7, 11) is 0. The number of amides is 1. The molecule has 1 aliphatic rings. The molecule has 2 aromatic rings. The Morgan fingerprint density at radius 1 is 1.28 bits per heavy atom. The van der Waals surface area contributed by atoms with Crippen LogP contribution in [0.5, 0.6) is 0 Å². The first-order chi connectivity index (χ1) is 12.1. The number of carbonyl (C=O) groups excluding carboxylic acids is 1. The van der Waals surface area contributed by atoms with Gasteiger partial charge in [-0.15, -0.1) is 0 Å². The lowest BCUT2D eigenvalue weighted by Crippen LogP contribution is -2.25. The molecule has 1 fully saturated rings. The molecule has 3 N–H and O–H groups in total. The predicted molar refractivity (Wildman–Crippen MR) is 93.4 cm³/mol. The van der Waals surface area contributed by atoms with Gasteiger partial charge in [-0.25, -0.2) is 0 Å². The number of hydrogen-bond donors (Lipinski definition) is 2. The maximum absolute atomic E-state index is 11.4. The number of nitro groups is 1. The molecule has 2 atom stereocenters. The molecule has 0 bridgehead atoms. The van der Waals surface area contributed by atoms with Crippen molar-refractivity contribution >= 4 is 17.3 Å². The highest BCUT2D eigenvalue weighted by Gasteiger charge is 2.29. The number of rotatable bonds is 6. The number of benzene rings is 2. The summed E-state index contributed by atoms with van der Waals surface area (Å²) in [4.78, 5) is 22.2. The number of carbonyl (C=O) groups is 1. The maximum atomic E-state index is 11.4. The molecule has 25 heavy (non-hydrogen) atoms. The molecule has 1 heterocycles. The molecular weight excluding hydrogens is 322 g/mol. The van der Waals surface area contributed by atoms with Gasteiger partial charge in [0.25, 0.3) is 5.69 Å². The van der Waals surface area contributed by atoms with E-state index >= 15 is 0 Å². The van der Waals surface area contributed by atoms with Crippen LogP contribution < -0.4 is 11.1 Å². The quantitative estimate of drug-likeness (QED) is 0.620. The summed E-state index contributed by atoms with van der Waals surface area (Å²) in [6.45, 7) is 0.679. The molecule has 0 aromatic heterocycles. The average Bonchev–Trinajstić information content (AvgIpc) is 3.14. The standard InChI is InChI=1S/C18H19N3O4/c19-18(22)13-8-9-14(15(11-13)21(23)24)20-17(16-7-4-10-25-16)12-5-2-1-3-6-12/h1-3,5-6,8-9,11,16-17,20H,4,7,10H2,(H2,19,22). The van der Waals surface area contributed by atoms with Crippen LogP contribution in [0, 0.1) is 10.1 Å². The van der Waals surface area contributed by atoms with Gasteiger partial charge in [0, 0.05) is 18.2 Å². The fraction of sp³-hybridized carbons (Fsp3) is 0.278. The Morgan fingerprint density at radius 2 is 2.04 bits per heavy atom. The highest BCUT2D eigenvalue weighted by molar-refractivity contribution is 5.94. The molecule has 0 radical (unpaired) electrons. The van der Waals surface area contributed by atoms with Crippen LogP contribution in [0.3, 0.4) is 0 Å². The number of ether oxygens (including phenoxy) is 1. The lowest BCUT2D eigenvalue weighted by Gasteiger charge is -2.25. The number of nitrogens with two attached hydrogens (primary N) is 1. The van der Waals surface area contributed by atoms with E-state index in [1.807, 2.05) is 30.3 Å².